The van der Waals surface area contributed by atoms with E-state index in [9.17, 15) is 19.2 Å². The van der Waals surface area contributed by atoms with Gasteiger partial charge in [-0.3, -0.25) is 24.3 Å². The first kappa shape index (κ1) is 53.6. The van der Waals surface area contributed by atoms with Crippen molar-refractivity contribution in [1.82, 2.24) is 92.3 Å². The van der Waals surface area contributed by atoms with Gasteiger partial charge in [0.1, 0.15) is 17.6 Å². The van der Waals surface area contributed by atoms with Gasteiger partial charge in [-0.15, -0.1) is 10.2 Å². The summed E-state index contributed by atoms with van der Waals surface area (Å²) in [5.74, 6) is -0.478. The van der Waals surface area contributed by atoms with Crippen molar-refractivity contribution in [2.45, 2.75) is 164 Å². The summed E-state index contributed by atoms with van der Waals surface area (Å²) in [5, 5.41) is 51.2. The van der Waals surface area contributed by atoms with Crippen molar-refractivity contribution in [1.29, 1.82) is 0 Å². The van der Waals surface area contributed by atoms with Crippen LogP contribution in [-0.4, -0.2) is 161 Å². The average Bonchev–Trinajstić information content (AvgIpc) is 4.25. The zero-order valence-corrected chi connectivity index (χ0v) is 43.3. The Morgan fingerprint density at radius 3 is 2.08 bits per heavy atom. The highest BCUT2D eigenvalue weighted by Crippen LogP contribution is 2.37. The number of carbonyl (C=O) groups is 4. The van der Waals surface area contributed by atoms with Gasteiger partial charge in [-0.1, -0.05) is 24.8 Å². The standard InChI is InChI=1S/C49H74N18O4S/c1-32(50-5)33(2)54-40(44(36-17-14-18-36)64-27-15-19-37(64)31-67-49(59-61-63-67)72-39-21-8-7-9-22-39)23-10-12-25-52-46(69)42-29-43(58-57-42)47(70)53-26-13-11-24-41(55-45(68)34(3)51-6)48(71)65-28-16-20-38(65)30-66-35(4)56-60-62-66/h7-9,21-22,29,32,34,37-38,40-41,50-51,54H,2,10-20,23-28,30-31H2,1,3-6H3,(H,52,69)(H,53,70)(H,55,68)(H,57,58). The van der Waals surface area contributed by atoms with E-state index in [0.29, 0.717) is 57.8 Å². The molecule has 22 nitrogen and oxygen atoms in total. The first-order valence-corrected chi connectivity index (χ1v) is 26.5. The Kier molecular flexibility index (Phi) is 19.7. The van der Waals surface area contributed by atoms with Crippen LogP contribution in [0.5, 0.6) is 0 Å². The van der Waals surface area contributed by atoms with Gasteiger partial charge in [0, 0.05) is 60.6 Å². The number of carbonyl (C=O) groups excluding carboxylic acids is 4. The zero-order chi connectivity index (χ0) is 51.0. The number of allylic oxidation sites excluding steroid dienone is 1. The molecule has 4 amide bonds. The number of aryl methyl sites for hydroxylation is 1. The third-order valence-electron chi connectivity index (χ3n) is 14.1. The molecule has 3 fully saturated rings. The molecule has 0 bridgehead atoms. The number of nitrogens with one attached hydrogen (secondary N) is 7. The van der Waals surface area contributed by atoms with Crippen molar-refractivity contribution in [3.8, 4) is 0 Å². The molecule has 1 saturated carbocycles. The quantitative estimate of drug-likeness (QED) is 0.0403. The minimum atomic E-state index is -0.725. The Bertz CT molecular complexity index is 2450. The van der Waals surface area contributed by atoms with Crippen LogP contribution in [0.25, 0.3) is 0 Å². The summed E-state index contributed by atoms with van der Waals surface area (Å²) >= 11 is 1.57. The number of aromatic nitrogens is 10. The molecule has 0 spiro atoms. The Morgan fingerprint density at radius 2 is 1.42 bits per heavy atom. The number of nitrogens with zero attached hydrogens (tertiary/aromatic N) is 11. The first-order chi connectivity index (χ1) is 34.9. The molecule has 6 atom stereocenters. The van der Waals surface area contributed by atoms with E-state index in [-0.39, 0.29) is 53.3 Å². The van der Waals surface area contributed by atoms with Crippen molar-refractivity contribution in [3.05, 3.63) is 77.2 Å². The number of amides is 4. The third-order valence-corrected chi connectivity index (χ3v) is 15.1. The van der Waals surface area contributed by atoms with Crippen molar-refractivity contribution >= 4 is 35.4 Å². The molecule has 1 aromatic carbocycles. The number of likely N-dealkylation sites (tertiary alicyclic amines) is 2. The summed E-state index contributed by atoms with van der Waals surface area (Å²) in [6.45, 7) is 13.6. The van der Waals surface area contributed by atoms with Gasteiger partial charge in [-0.25, -0.2) is 9.36 Å². The largest absolute Gasteiger partial charge is 0.379 e. The van der Waals surface area contributed by atoms with E-state index >= 15 is 0 Å². The maximum Gasteiger partial charge on any atom is 0.271 e. The Morgan fingerprint density at radius 1 is 0.778 bits per heavy atom. The lowest BCUT2D eigenvalue weighted by Crippen LogP contribution is -2.53. The number of tetrazole rings is 2. The minimum absolute atomic E-state index is 0.0400. The molecular formula is C49H74N18O4S. The number of likely N-dealkylation sites (N-methyl/N-ethyl adjacent to an activating group) is 2. The summed E-state index contributed by atoms with van der Waals surface area (Å²) in [5.41, 5.74) is 4.10. The van der Waals surface area contributed by atoms with Gasteiger partial charge in [-0.2, -0.15) is 5.10 Å². The fraction of sp³-hybridized carbons (Fsp3) is 0.612. The van der Waals surface area contributed by atoms with Crippen LogP contribution in [0.3, 0.4) is 0 Å². The number of H-pyrrole nitrogens is 1. The van der Waals surface area contributed by atoms with Crippen molar-refractivity contribution < 1.29 is 19.2 Å². The van der Waals surface area contributed by atoms with E-state index in [1.807, 2.05) is 41.8 Å². The average molecular weight is 1010 g/mol. The highest BCUT2D eigenvalue weighted by atomic mass is 32.2. The predicted molar refractivity (Wildman–Crippen MR) is 272 cm³/mol. The van der Waals surface area contributed by atoms with E-state index in [0.717, 1.165) is 80.1 Å². The Balaban J connectivity index is 0.878. The monoisotopic (exact) mass is 1010 g/mol. The smallest absolute Gasteiger partial charge is 0.271 e. The van der Waals surface area contributed by atoms with Gasteiger partial charge in [-0.05, 0) is 169 Å². The second-order valence-electron chi connectivity index (χ2n) is 19.1. The Hall–Kier alpha value is -6.20. The summed E-state index contributed by atoms with van der Waals surface area (Å²) in [7, 11) is 3.64. The molecule has 3 aliphatic rings. The van der Waals surface area contributed by atoms with E-state index in [1.165, 1.54) is 23.8 Å². The maximum atomic E-state index is 13.9. The predicted octanol–water partition coefficient (Wildman–Crippen LogP) is 3.11. The van der Waals surface area contributed by atoms with E-state index in [4.69, 9.17) is 0 Å². The topological polar surface area (TPSA) is 263 Å². The molecule has 23 heteroatoms. The molecule has 3 aromatic heterocycles. The van der Waals surface area contributed by atoms with Crippen LogP contribution in [0.2, 0.25) is 0 Å². The fourth-order valence-electron chi connectivity index (χ4n) is 9.49. The van der Waals surface area contributed by atoms with Gasteiger partial charge in [0.25, 0.3) is 11.8 Å². The van der Waals surface area contributed by atoms with Crippen LogP contribution in [0, 0.1) is 6.92 Å². The molecule has 6 unspecified atom stereocenters. The lowest BCUT2D eigenvalue weighted by atomic mass is 9.86. The molecule has 2 saturated heterocycles. The first-order valence-electron chi connectivity index (χ1n) is 25.7. The molecule has 4 aromatic rings. The van der Waals surface area contributed by atoms with Crippen LogP contribution in [0.1, 0.15) is 124 Å². The molecule has 1 aliphatic carbocycles. The SMILES string of the molecule is C=C(NC(CCCCNC(=O)c1cc(C(=O)NCCCCC(NC(=O)C(C)NC)C(=O)N2CCCC2Cn2nnnc2C)[nH]n1)C(=C1CCC1)N1CCCC1Cn1nnnc1Sc1ccccc1)C(C)NC. The van der Waals surface area contributed by atoms with Gasteiger partial charge in [0.2, 0.25) is 17.0 Å². The summed E-state index contributed by atoms with van der Waals surface area (Å²) in [6.07, 6.45) is 11.1. The zero-order valence-electron chi connectivity index (χ0n) is 42.5. The molecule has 0 radical (unpaired) electrons. The van der Waals surface area contributed by atoms with Crippen molar-refractivity contribution in [2.75, 3.05) is 40.3 Å². The molecule has 72 heavy (non-hydrogen) atoms. The minimum Gasteiger partial charge on any atom is -0.379 e. The van der Waals surface area contributed by atoms with Gasteiger partial charge >= 0.3 is 0 Å². The van der Waals surface area contributed by atoms with Gasteiger partial charge in [0.05, 0.1) is 31.2 Å². The van der Waals surface area contributed by atoms with E-state index in [1.54, 1.807) is 30.4 Å². The van der Waals surface area contributed by atoms with E-state index < -0.39 is 18.0 Å². The molecule has 390 valence electrons. The number of hydrogen-bond acceptors (Lipinski definition) is 16. The number of unbranched alkanes of at least 4 members (excludes halogenated alkanes) is 2. The highest BCUT2D eigenvalue weighted by Gasteiger charge is 2.36. The van der Waals surface area contributed by atoms with E-state index in [2.05, 4.69) is 104 Å². The fourth-order valence-corrected chi connectivity index (χ4v) is 10.3. The van der Waals surface area contributed by atoms with Crippen LogP contribution < -0.4 is 31.9 Å². The van der Waals surface area contributed by atoms with Crippen LogP contribution in [0.15, 0.2) is 70.0 Å². The van der Waals surface area contributed by atoms with Crippen LogP contribution >= 0.6 is 11.8 Å². The lowest BCUT2D eigenvalue weighted by Gasteiger charge is -2.39. The number of hydrogen-bond donors (Lipinski definition) is 7. The van der Waals surface area contributed by atoms with Crippen LogP contribution in [0.4, 0.5) is 0 Å². The summed E-state index contributed by atoms with van der Waals surface area (Å²) < 4.78 is 3.64. The normalized spacial score (nSPS) is 18.3. The van der Waals surface area contributed by atoms with Gasteiger partial charge in [0.15, 0.2) is 5.69 Å². The Labute approximate surface area is 426 Å². The second-order valence-corrected chi connectivity index (χ2v) is 20.1. The van der Waals surface area contributed by atoms with Gasteiger partial charge < -0.3 is 41.7 Å². The number of rotatable bonds is 28. The molecule has 5 heterocycles. The summed E-state index contributed by atoms with van der Waals surface area (Å²) in [4.78, 5) is 58.8. The molecular weight excluding hydrogens is 937 g/mol. The van der Waals surface area contributed by atoms with Crippen molar-refractivity contribution in [3.63, 3.8) is 0 Å². The van der Waals surface area contributed by atoms with Crippen molar-refractivity contribution in [2.24, 2.45) is 0 Å². The second kappa shape index (κ2) is 26.5. The number of aromatic amines is 1. The third kappa shape index (κ3) is 14.3. The maximum absolute atomic E-state index is 13.9. The lowest BCUT2D eigenvalue weighted by molar-refractivity contribution is -0.138. The molecule has 2 aliphatic heterocycles. The highest BCUT2D eigenvalue weighted by molar-refractivity contribution is 7.99. The molecule has 7 N–H and O–H groups in total. The van der Waals surface area contributed by atoms with Crippen LogP contribution in [-0.2, 0) is 22.7 Å². The summed E-state index contributed by atoms with van der Waals surface area (Å²) in [6, 6.07) is 10.7. The number of benzene rings is 1. The molecule has 7 rings (SSSR count).